The first-order valence-corrected chi connectivity index (χ1v) is 9.03. The molecule has 0 bridgehead atoms. The number of esters is 1. The summed E-state index contributed by atoms with van der Waals surface area (Å²) in [6.07, 6.45) is -0.115. The van der Waals surface area contributed by atoms with Crippen LogP contribution < -0.4 is 4.74 Å². The summed E-state index contributed by atoms with van der Waals surface area (Å²) in [6.45, 7) is 5.78. The van der Waals surface area contributed by atoms with E-state index in [2.05, 4.69) is 17.0 Å². The van der Waals surface area contributed by atoms with E-state index < -0.39 is 0 Å². The van der Waals surface area contributed by atoms with Crippen LogP contribution >= 0.6 is 0 Å². The monoisotopic (exact) mass is 355 g/mol. The SMILES string of the molecule is CCOc1ccccc1C(=O)OCC1CN(Cc2ccccc2)CCO1. The van der Waals surface area contributed by atoms with E-state index in [1.165, 1.54) is 5.56 Å². The number of hydrogen-bond acceptors (Lipinski definition) is 5. The van der Waals surface area contributed by atoms with Gasteiger partial charge in [0.15, 0.2) is 0 Å². The number of carbonyl (C=O) groups is 1. The van der Waals surface area contributed by atoms with Gasteiger partial charge >= 0.3 is 5.97 Å². The molecule has 1 unspecified atom stereocenters. The Morgan fingerprint density at radius 1 is 1.15 bits per heavy atom. The second-order valence-electron chi connectivity index (χ2n) is 6.24. The maximum Gasteiger partial charge on any atom is 0.342 e. The summed E-state index contributed by atoms with van der Waals surface area (Å²) in [6, 6.07) is 17.5. The summed E-state index contributed by atoms with van der Waals surface area (Å²) in [7, 11) is 0. The van der Waals surface area contributed by atoms with Crippen molar-refractivity contribution in [3.05, 3.63) is 65.7 Å². The van der Waals surface area contributed by atoms with Crippen LogP contribution in [0.5, 0.6) is 5.75 Å². The molecule has 0 N–H and O–H groups in total. The molecule has 1 aliphatic rings. The first-order chi connectivity index (χ1) is 12.8. The standard InChI is InChI=1S/C21H25NO4/c1-2-24-20-11-7-6-10-19(20)21(23)26-16-18-15-22(12-13-25-18)14-17-8-4-3-5-9-17/h3-11,18H,2,12-16H2,1H3. The molecule has 0 spiro atoms. The fourth-order valence-electron chi connectivity index (χ4n) is 3.03. The molecular formula is C21H25NO4. The molecule has 0 saturated carbocycles. The second kappa shape index (κ2) is 9.36. The van der Waals surface area contributed by atoms with E-state index in [0.29, 0.717) is 24.5 Å². The minimum Gasteiger partial charge on any atom is -0.493 e. The first-order valence-electron chi connectivity index (χ1n) is 9.03. The summed E-state index contributed by atoms with van der Waals surface area (Å²) in [5.74, 6) is 0.174. The highest BCUT2D eigenvalue weighted by atomic mass is 16.6. The van der Waals surface area contributed by atoms with Crippen LogP contribution in [0.1, 0.15) is 22.8 Å². The van der Waals surface area contributed by atoms with Crippen LogP contribution in [0, 0.1) is 0 Å². The minimum absolute atomic E-state index is 0.115. The molecular weight excluding hydrogens is 330 g/mol. The molecule has 138 valence electrons. The zero-order valence-corrected chi connectivity index (χ0v) is 15.1. The molecule has 26 heavy (non-hydrogen) atoms. The Kier molecular flexibility index (Phi) is 6.63. The lowest BCUT2D eigenvalue weighted by molar-refractivity contribution is -0.0613. The van der Waals surface area contributed by atoms with E-state index in [-0.39, 0.29) is 18.7 Å². The number of benzene rings is 2. The van der Waals surface area contributed by atoms with Crippen molar-refractivity contribution in [3.8, 4) is 5.75 Å². The van der Waals surface area contributed by atoms with Gasteiger partial charge in [0.2, 0.25) is 0 Å². The highest BCUT2D eigenvalue weighted by molar-refractivity contribution is 5.92. The van der Waals surface area contributed by atoms with Crippen LogP contribution in [-0.4, -0.2) is 49.9 Å². The summed E-state index contributed by atoms with van der Waals surface area (Å²) in [4.78, 5) is 14.7. The van der Waals surface area contributed by atoms with E-state index in [1.807, 2.05) is 31.2 Å². The van der Waals surface area contributed by atoms with Crippen molar-refractivity contribution in [1.82, 2.24) is 4.90 Å². The van der Waals surface area contributed by atoms with Crippen molar-refractivity contribution in [2.75, 3.05) is 32.9 Å². The minimum atomic E-state index is -0.377. The number of carbonyl (C=O) groups excluding carboxylic acids is 1. The number of rotatable bonds is 7. The molecule has 1 heterocycles. The molecule has 0 radical (unpaired) electrons. The summed E-state index contributed by atoms with van der Waals surface area (Å²) in [5.41, 5.74) is 1.72. The van der Waals surface area contributed by atoms with Crippen molar-refractivity contribution < 1.29 is 19.0 Å². The Bertz CT molecular complexity index is 704. The van der Waals surface area contributed by atoms with Gasteiger partial charge in [0.1, 0.15) is 24.0 Å². The number of nitrogens with zero attached hydrogens (tertiary/aromatic N) is 1. The normalized spacial score (nSPS) is 17.7. The molecule has 0 aliphatic carbocycles. The van der Waals surface area contributed by atoms with Gasteiger partial charge in [-0.1, -0.05) is 42.5 Å². The zero-order valence-electron chi connectivity index (χ0n) is 15.1. The molecule has 3 rings (SSSR count). The zero-order chi connectivity index (χ0) is 18.2. The van der Waals surface area contributed by atoms with Crippen molar-refractivity contribution in [2.24, 2.45) is 0 Å². The molecule has 1 aliphatic heterocycles. The Morgan fingerprint density at radius 2 is 1.92 bits per heavy atom. The molecule has 2 aromatic carbocycles. The number of hydrogen-bond donors (Lipinski definition) is 0. The number of para-hydroxylation sites is 1. The maximum absolute atomic E-state index is 12.4. The maximum atomic E-state index is 12.4. The van der Waals surface area contributed by atoms with E-state index in [9.17, 15) is 4.79 Å². The van der Waals surface area contributed by atoms with Crippen LogP contribution in [-0.2, 0) is 16.0 Å². The molecule has 5 heteroatoms. The number of ether oxygens (including phenoxy) is 3. The Balaban J connectivity index is 1.52. The fraction of sp³-hybridized carbons (Fsp3) is 0.381. The topological polar surface area (TPSA) is 48.0 Å². The number of morpholine rings is 1. The molecule has 5 nitrogen and oxygen atoms in total. The smallest absolute Gasteiger partial charge is 0.342 e. The van der Waals surface area contributed by atoms with Gasteiger partial charge in [-0.2, -0.15) is 0 Å². The summed E-state index contributed by atoms with van der Waals surface area (Å²) < 4.78 is 16.7. The van der Waals surface area contributed by atoms with Crippen molar-refractivity contribution in [3.63, 3.8) is 0 Å². The molecule has 1 atom stereocenters. The van der Waals surface area contributed by atoms with Gasteiger partial charge in [-0.15, -0.1) is 0 Å². The fourth-order valence-corrected chi connectivity index (χ4v) is 3.03. The second-order valence-corrected chi connectivity index (χ2v) is 6.24. The predicted octanol–water partition coefficient (Wildman–Crippen LogP) is 3.14. The Hall–Kier alpha value is -2.37. The third-order valence-electron chi connectivity index (χ3n) is 4.28. The summed E-state index contributed by atoms with van der Waals surface area (Å²) in [5, 5.41) is 0. The van der Waals surface area contributed by atoms with E-state index in [4.69, 9.17) is 14.2 Å². The highest BCUT2D eigenvalue weighted by Crippen LogP contribution is 2.19. The van der Waals surface area contributed by atoms with Crippen LogP contribution in [0.4, 0.5) is 0 Å². The van der Waals surface area contributed by atoms with E-state index in [0.717, 1.165) is 19.6 Å². The highest BCUT2D eigenvalue weighted by Gasteiger charge is 2.23. The van der Waals surface area contributed by atoms with Crippen LogP contribution in [0.3, 0.4) is 0 Å². The third-order valence-corrected chi connectivity index (χ3v) is 4.28. The summed E-state index contributed by atoms with van der Waals surface area (Å²) >= 11 is 0. The molecule has 0 amide bonds. The van der Waals surface area contributed by atoms with Crippen molar-refractivity contribution in [1.29, 1.82) is 0 Å². The van der Waals surface area contributed by atoms with Crippen molar-refractivity contribution in [2.45, 2.75) is 19.6 Å². The van der Waals surface area contributed by atoms with Gasteiger partial charge in [0, 0.05) is 19.6 Å². The average molecular weight is 355 g/mol. The van der Waals surface area contributed by atoms with Gasteiger partial charge in [0.25, 0.3) is 0 Å². The Labute approximate surface area is 154 Å². The lowest BCUT2D eigenvalue weighted by atomic mass is 10.2. The van der Waals surface area contributed by atoms with Gasteiger partial charge in [-0.05, 0) is 24.6 Å². The lowest BCUT2D eigenvalue weighted by Gasteiger charge is -2.32. The van der Waals surface area contributed by atoms with Crippen molar-refractivity contribution >= 4 is 5.97 Å². The van der Waals surface area contributed by atoms with Crippen LogP contribution in [0.2, 0.25) is 0 Å². The third kappa shape index (κ3) is 5.07. The van der Waals surface area contributed by atoms with E-state index >= 15 is 0 Å². The predicted molar refractivity (Wildman–Crippen MR) is 99.4 cm³/mol. The average Bonchev–Trinajstić information content (AvgIpc) is 2.68. The lowest BCUT2D eigenvalue weighted by Crippen LogP contribution is -2.44. The quantitative estimate of drug-likeness (QED) is 0.714. The van der Waals surface area contributed by atoms with Crippen LogP contribution in [0.15, 0.2) is 54.6 Å². The van der Waals surface area contributed by atoms with Crippen LogP contribution in [0.25, 0.3) is 0 Å². The molecule has 1 saturated heterocycles. The molecule has 1 fully saturated rings. The molecule has 2 aromatic rings. The first kappa shape index (κ1) is 18.4. The molecule has 0 aromatic heterocycles. The largest absolute Gasteiger partial charge is 0.493 e. The van der Waals surface area contributed by atoms with Gasteiger partial charge in [0.05, 0.1) is 13.2 Å². The van der Waals surface area contributed by atoms with Gasteiger partial charge in [-0.25, -0.2) is 4.79 Å². The van der Waals surface area contributed by atoms with E-state index in [1.54, 1.807) is 18.2 Å². The Morgan fingerprint density at radius 3 is 2.73 bits per heavy atom. The van der Waals surface area contributed by atoms with Gasteiger partial charge in [-0.3, -0.25) is 4.90 Å². The van der Waals surface area contributed by atoms with Gasteiger partial charge < -0.3 is 14.2 Å².